The van der Waals surface area contributed by atoms with Gasteiger partial charge in [0.15, 0.2) is 0 Å². The van der Waals surface area contributed by atoms with Crippen LogP contribution in [0.15, 0.2) is 60.2 Å². The number of esters is 1. The van der Waals surface area contributed by atoms with Gasteiger partial charge in [0.05, 0.1) is 0 Å². The number of hydrogen-bond acceptors (Lipinski definition) is 3. The van der Waals surface area contributed by atoms with Crippen LogP contribution < -0.4 is 0 Å². The Bertz CT molecular complexity index is 734. The quantitative estimate of drug-likeness (QED) is 0.861. The first-order valence-corrected chi connectivity index (χ1v) is 6.88. The molecule has 4 heteroatoms. The van der Waals surface area contributed by atoms with Gasteiger partial charge in [0, 0.05) is 27.8 Å². The van der Waals surface area contributed by atoms with Crippen LogP contribution in [0.2, 0.25) is 5.02 Å². The van der Waals surface area contributed by atoms with Crippen LogP contribution in [0.1, 0.15) is 12.5 Å². The zero-order valence-corrected chi connectivity index (χ0v) is 12.1. The topological polar surface area (TPSA) is 46.5 Å². The third kappa shape index (κ3) is 2.46. The molecule has 1 aliphatic rings. The second-order valence-corrected chi connectivity index (χ2v) is 5.38. The maximum atomic E-state index is 11.4. The average Bonchev–Trinajstić information content (AvgIpc) is 2.74. The molecule has 2 aromatic carbocycles. The van der Waals surface area contributed by atoms with Gasteiger partial charge in [0.1, 0.15) is 0 Å². The van der Waals surface area contributed by atoms with E-state index >= 15 is 0 Å². The molecule has 3 rings (SSSR count). The normalized spacial score (nSPS) is 21.1. The van der Waals surface area contributed by atoms with Crippen molar-refractivity contribution >= 4 is 17.6 Å². The van der Waals surface area contributed by atoms with E-state index in [0.29, 0.717) is 16.2 Å². The number of rotatable bonds is 2. The molecule has 0 spiro atoms. The monoisotopic (exact) mass is 300 g/mol. The van der Waals surface area contributed by atoms with E-state index in [1.54, 1.807) is 19.1 Å². The highest BCUT2D eigenvalue weighted by molar-refractivity contribution is 6.33. The van der Waals surface area contributed by atoms with Crippen LogP contribution in [-0.2, 0) is 15.3 Å². The van der Waals surface area contributed by atoms with Crippen LogP contribution in [0.5, 0.6) is 0 Å². The molecule has 0 aliphatic carbocycles. The van der Waals surface area contributed by atoms with Gasteiger partial charge in [0.25, 0.3) is 5.79 Å². The number of aliphatic hydroxyl groups is 1. The first kappa shape index (κ1) is 13.9. The first-order chi connectivity index (χ1) is 9.99. The van der Waals surface area contributed by atoms with E-state index in [-0.39, 0.29) is 0 Å². The van der Waals surface area contributed by atoms with Crippen molar-refractivity contribution in [3.63, 3.8) is 0 Å². The summed E-state index contributed by atoms with van der Waals surface area (Å²) in [5.74, 6) is -2.19. The van der Waals surface area contributed by atoms with Gasteiger partial charge in [-0.2, -0.15) is 0 Å². The zero-order chi connectivity index (χ0) is 15.0. The minimum Gasteiger partial charge on any atom is -0.421 e. The van der Waals surface area contributed by atoms with Gasteiger partial charge in [-0.15, -0.1) is 0 Å². The number of carbonyl (C=O) groups excluding carboxylic acids is 1. The highest BCUT2D eigenvalue weighted by Gasteiger charge is 2.38. The van der Waals surface area contributed by atoms with E-state index in [0.717, 1.165) is 11.1 Å². The van der Waals surface area contributed by atoms with Crippen molar-refractivity contribution in [2.24, 2.45) is 0 Å². The van der Waals surface area contributed by atoms with Gasteiger partial charge in [-0.1, -0.05) is 54.1 Å². The molecule has 0 amide bonds. The van der Waals surface area contributed by atoms with Crippen LogP contribution >= 0.6 is 11.6 Å². The smallest absolute Gasteiger partial charge is 0.336 e. The minimum absolute atomic E-state index is 0.396. The lowest BCUT2D eigenvalue weighted by Crippen LogP contribution is -2.24. The van der Waals surface area contributed by atoms with E-state index in [4.69, 9.17) is 16.3 Å². The average molecular weight is 301 g/mol. The molecule has 0 aromatic heterocycles. The second-order valence-electron chi connectivity index (χ2n) is 4.97. The van der Waals surface area contributed by atoms with Crippen LogP contribution in [-0.4, -0.2) is 11.1 Å². The lowest BCUT2D eigenvalue weighted by molar-refractivity contribution is -0.182. The Labute approximate surface area is 127 Å². The molecule has 1 aliphatic heterocycles. The van der Waals surface area contributed by atoms with Crippen molar-refractivity contribution in [1.82, 2.24) is 0 Å². The van der Waals surface area contributed by atoms with Crippen molar-refractivity contribution in [1.29, 1.82) is 0 Å². The zero-order valence-electron chi connectivity index (χ0n) is 11.3. The van der Waals surface area contributed by atoms with E-state index in [1.165, 1.54) is 6.08 Å². The molecule has 0 saturated heterocycles. The largest absolute Gasteiger partial charge is 0.421 e. The Morgan fingerprint density at radius 3 is 2.33 bits per heavy atom. The molecule has 0 saturated carbocycles. The molecule has 0 unspecified atom stereocenters. The third-order valence-electron chi connectivity index (χ3n) is 3.47. The molecule has 2 aromatic rings. The van der Waals surface area contributed by atoms with Crippen molar-refractivity contribution in [2.75, 3.05) is 0 Å². The van der Waals surface area contributed by atoms with E-state index in [1.807, 2.05) is 36.4 Å². The lowest BCUT2D eigenvalue weighted by atomic mass is 10.00. The van der Waals surface area contributed by atoms with Gasteiger partial charge in [0.2, 0.25) is 0 Å². The summed E-state index contributed by atoms with van der Waals surface area (Å²) in [6.45, 7) is 1.61. The number of hydrogen-bond donors (Lipinski definition) is 1. The number of cyclic esters (lactones) is 1. The summed E-state index contributed by atoms with van der Waals surface area (Å²) in [6, 6.07) is 14.6. The van der Waals surface area contributed by atoms with E-state index in [9.17, 15) is 9.90 Å². The highest BCUT2D eigenvalue weighted by Crippen LogP contribution is 2.34. The summed E-state index contributed by atoms with van der Waals surface area (Å²) in [6.07, 6.45) is 1.42. The minimum atomic E-state index is -1.68. The fraction of sp³-hybridized carbons (Fsp3) is 0.118. The molecule has 0 fully saturated rings. The maximum Gasteiger partial charge on any atom is 0.336 e. The third-order valence-corrected chi connectivity index (χ3v) is 3.80. The number of ether oxygens (including phenoxy) is 1. The van der Waals surface area contributed by atoms with Gasteiger partial charge < -0.3 is 9.84 Å². The van der Waals surface area contributed by atoms with Crippen LogP contribution in [0.25, 0.3) is 11.1 Å². The van der Waals surface area contributed by atoms with Crippen molar-refractivity contribution in [2.45, 2.75) is 12.7 Å². The van der Waals surface area contributed by atoms with Crippen LogP contribution in [0.4, 0.5) is 0 Å². The Morgan fingerprint density at radius 2 is 1.76 bits per heavy atom. The standard InChI is InChI=1S/C17H13ClO3/c1-11-10-17(20,21-16(11)19)13-8-6-12(7-9-13)14-4-2-3-5-15(14)18/h2-10,20H,1H3/t17-/m1/s1. The molecular weight excluding hydrogens is 288 g/mol. The molecule has 1 N–H and O–H groups in total. The number of carbonyl (C=O) groups is 1. The Kier molecular flexibility index (Phi) is 3.32. The first-order valence-electron chi connectivity index (χ1n) is 6.50. The van der Waals surface area contributed by atoms with Gasteiger partial charge >= 0.3 is 5.97 Å². The molecule has 3 nitrogen and oxygen atoms in total. The summed E-state index contributed by atoms with van der Waals surface area (Å²) in [5, 5.41) is 11.0. The molecular formula is C17H13ClO3. The predicted octanol–water partition coefficient (Wildman–Crippen LogP) is 3.66. The molecule has 21 heavy (non-hydrogen) atoms. The Balaban J connectivity index is 1.96. The van der Waals surface area contributed by atoms with Crippen LogP contribution in [0, 0.1) is 0 Å². The predicted molar refractivity (Wildman–Crippen MR) is 80.6 cm³/mol. The van der Waals surface area contributed by atoms with Crippen molar-refractivity contribution in [3.05, 3.63) is 70.8 Å². The van der Waals surface area contributed by atoms with E-state index in [2.05, 4.69) is 0 Å². The molecule has 0 radical (unpaired) electrons. The van der Waals surface area contributed by atoms with Crippen molar-refractivity contribution in [3.8, 4) is 11.1 Å². The van der Waals surface area contributed by atoms with Gasteiger partial charge in [-0.3, -0.25) is 0 Å². The Hall–Kier alpha value is -2.10. The summed E-state index contributed by atoms with van der Waals surface area (Å²) in [4.78, 5) is 11.4. The maximum absolute atomic E-state index is 11.4. The fourth-order valence-corrected chi connectivity index (χ4v) is 2.57. The molecule has 1 heterocycles. The Morgan fingerprint density at radius 1 is 1.10 bits per heavy atom. The summed E-state index contributed by atoms with van der Waals surface area (Å²) >= 11 is 6.16. The summed E-state index contributed by atoms with van der Waals surface area (Å²) in [5.41, 5.74) is 2.74. The molecule has 106 valence electrons. The SMILES string of the molecule is CC1=C[C@](O)(c2ccc(-c3ccccc3Cl)cc2)OC1=O. The summed E-state index contributed by atoms with van der Waals surface area (Å²) in [7, 11) is 0. The summed E-state index contributed by atoms with van der Waals surface area (Å²) < 4.78 is 5.01. The highest BCUT2D eigenvalue weighted by atomic mass is 35.5. The second kappa shape index (κ2) is 5.02. The van der Waals surface area contributed by atoms with Gasteiger partial charge in [-0.25, -0.2) is 4.79 Å². The fourth-order valence-electron chi connectivity index (χ4n) is 2.33. The number of halogens is 1. The van der Waals surface area contributed by atoms with Gasteiger partial charge in [-0.05, 0) is 18.6 Å². The molecule has 0 bridgehead atoms. The van der Waals surface area contributed by atoms with Crippen LogP contribution in [0.3, 0.4) is 0 Å². The van der Waals surface area contributed by atoms with E-state index < -0.39 is 11.8 Å². The van der Waals surface area contributed by atoms with Crippen molar-refractivity contribution < 1.29 is 14.6 Å². The molecule has 1 atom stereocenters. The lowest BCUT2D eigenvalue weighted by Gasteiger charge is -2.20. The number of benzene rings is 2.